The monoisotopic (exact) mass is 187 g/mol. The zero-order chi connectivity index (χ0) is 9.76. The Labute approximate surface area is 85.3 Å². The van der Waals surface area contributed by atoms with Gasteiger partial charge in [0, 0.05) is 5.54 Å². The second kappa shape index (κ2) is 2.60. The highest BCUT2D eigenvalue weighted by molar-refractivity contribution is 5.38. The first-order chi connectivity index (χ1) is 6.72. The molecule has 2 aliphatic rings. The second-order valence-electron chi connectivity index (χ2n) is 5.00. The van der Waals surface area contributed by atoms with Gasteiger partial charge in [0.05, 0.1) is 0 Å². The van der Waals surface area contributed by atoms with Gasteiger partial charge in [0.15, 0.2) is 0 Å². The van der Waals surface area contributed by atoms with E-state index in [0.717, 1.165) is 11.8 Å². The summed E-state index contributed by atoms with van der Waals surface area (Å²) >= 11 is 0. The van der Waals surface area contributed by atoms with E-state index in [1.54, 1.807) is 0 Å². The van der Waals surface area contributed by atoms with Gasteiger partial charge in [0.2, 0.25) is 0 Å². The third kappa shape index (κ3) is 1.12. The smallest absolute Gasteiger partial charge is 0.0447 e. The molecule has 14 heavy (non-hydrogen) atoms. The lowest BCUT2D eigenvalue weighted by molar-refractivity contribution is 0.573. The summed E-state index contributed by atoms with van der Waals surface area (Å²) in [5, 5.41) is 0. The van der Waals surface area contributed by atoms with E-state index in [9.17, 15) is 0 Å². The Bertz CT molecular complexity index is 367. The molecule has 1 nitrogen and oxygen atoms in total. The van der Waals surface area contributed by atoms with E-state index in [1.807, 2.05) is 0 Å². The van der Waals surface area contributed by atoms with Crippen LogP contribution in [0.4, 0.5) is 0 Å². The molecule has 0 heterocycles. The largest absolute Gasteiger partial charge is 0.321 e. The van der Waals surface area contributed by atoms with Crippen LogP contribution in [0.2, 0.25) is 0 Å². The van der Waals surface area contributed by atoms with Crippen molar-refractivity contribution in [3.63, 3.8) is 0 Å². The minimum absolute atomic E-state index is 0.0342. The van der Waals surface area contributed by atoms with E-state index in [1.165, 1.54) is 30.4 Å². The summed E-state index contributed by atoms with van der Waals surface area (Å²) in [5.41, 5.74) is 9.23. The average molecular weight is 187 g/mol. The first kappa shape index (κ1) is 8.49. The van der Waals surface area contributed by atoms with Crippen molar-refractivity contribution in [3.8, 4) is 0 Å². The molecule has 74 valence electrons. The summed E-state index contributed by atoms with van der Waals surface area (Å²) < 4.78 is 0. The summed E-state index contributed by atoms with van der Waals surface area (Å²) in [6.45, 7) is 2.17. The zero-order valence-corrected chi connectivity index (χ0v) is 8.66. The highest BCUT2D eigenvalue weighted by Gasteiger charge is 2.58. The van der Waals surface area contributed by atoms with Crippen LogP contribution in [0.3, 0.4) is 0 Å². The lowest BCUT2D eigenvalue weighted by Gasteiger charge is -2.14. The predicted octanol–water partition coefficient (Wildman–Crippen LogP) is 2.58. The molecule has 1 heteroatoms. The molecule has 0 saturated heterocycles. The quantitative estimate of drug-likeness (QED) is 0.756. The van der Waals surface area contributed by atoms with Crippen molar-refractivity contribution in [2.24, 2.45) is 17.6 Å². The normalized spacial score (nSPS) is 35.7. The molecule has 2 aliphatic carbocycles. The van der Waals surface area contributed by atoms with Crippen LogP contribution in [0.15, 0.2) is 24.3 Å². The third-order valence-electron chi connectivity index (χ3n) is 3.90. The van der Waals surface area contributed by atoms with Gasteiger partial charge >= 0.3 is 0 Å². The van der Waals surface area contributed by atoms with E-state index in [4.69, 9.17) is 5.73 Å². The molecule has 0 amide bonds. The fourth-order valence-electron chi connectivity index (χ4n) is 2.80. The fraction of sp³-hybridized carbons (Fsp3) is 0.538. The first-order valence-corrected chi connectivity index (χ1v) is 5.57. The lowest BCUT2D eigenvalue weighted by atomic mass is 9.97. The number of benzene rings is 1. The highest BCUT2D eigenvalue weighted by Crippen LogP contribution is 2.60. The van der Waals surface area contributed by atoms with Gasteiger partial charge in [-0.05, 0) is 49.1 Å². The summed E-state index contributed by atoms with van der Waals surface area (Å²) in [6, 6.07) is 8.58. The van der Waals surface area contributed by atoms with Crippen molar-refractivity contribution in [1.29, 1.82) is 0 Å². The molecule has 2 unspecified atom stereocenters. The average Bonchev–Trinajstić information content (AvgIpc) is 3.00. The Balaban J connectivity index is 1.92. The molecule has 0 spiro atoms. The Morgan fingerprint density at radius 1 is 1.29 bits per heavy atom. The maximum Gasteiger partial charge on any atom is 0.0447 e. The molecule has 3 rings (SSSR count). The molecular weight excluding hydrogens is 170 g/mol. The van der Waals surface area contributed by atoms with Gasteiger partial charge in [0.25, 0.3) is 0 Å². The number of hydrogen-bond acceptors (Lipinski definition) is 1. The lowest BCUT2D eigenvalue weighted by Crippen LogP contribution is -2.23. The van der Waals surface area contributed by atoms with Crippen LogP contribution >= 0.6 is 0 Å². The maximum absolute atomic E-state index is 6.45. The Morgan fingerprint density at radius 3 is 2.64 bits per heavy atom. The van der Waals surface area contributed by atoms with Crippen LogP contribution in [0.1, 0.15) is 30.4 Å². The minimum atomic E-state index is 0.0342. The van der Waals surface area contributed by atoms with Crippen molar-refractivity contribution >= 4 is 0 Å². The summed E-state index contributed by atoms with van der Waals surface area (Å²) in [4.78, 5) is 0. The van der Waals surface area contributed by atoms with Crippen molar-refractivity contribution in [2.75, 3.05) is 0 Å². The Kier molecular flexibility index (Phi) is 1.58. The highest BCUT2D eigenvalue weighted by atomic mass is 14.9. The Hall–Kier alpha value is -0.820. The minimum Gasteiger partial charge on any atom is -0.321 e. The van der Waals surface area contributed by atoms with Crippen LogP contribution in [0, 0.1) is 18.8 Å². The number of nitrogens with two attached hydrogens (primary N) is 1. The van der Waals surface area contributed by atoms with Crippen LogP contribution in [-0.2, 0) is 5.54 Å². The predicted molar refractivity (Wildman–Crippen MR) is 57.9 cm³/mol. The second-order valence-corrected chi connectivity index (χ2v) is 5.00. The van der Waals surface area contributed by atoms with E-state index < -0.39 is 0 Å². The first-order valence-electron chi connectivity index (χ1n) is 5.57. The molecule has 0 aliphatic heterocycles. The Morgan fingerprint density at radius 2 is 2.00 bits per heavy atom. The van der Waals surface area contributed by atoms with E-state index in [2.05, 4.69) is 31.2 Å². The molecule has 0 radical (unpaired) electrons. The molecule has 2 fully saturated rings. The molecule has 2 saturated carbocycles. The molecular formula is C13H17N. The molecule has 2 atom stereocenters. The van der Waals surface area contributed by atoms with E-state index in [-0.39, 0.29) is 5.54 Å². The van der Waals surface area contributed by atoms with Crippen molar-refractivity contribution < 1.29 is 0 Å². The summed E-state index contributed by atoms with van der Waals surface area (Å²) in [5.74, 6) is 1.73. The van der Waals surface area contributed by atoms with Gasteiger partial charge in [-0.25, -0.2) is 0 Å². The fourth-order valence-corrected chi connectivity index (χ4v) is 2.80. The van der Waals surface area contributed by atoms with E-state index >= 15 is 0 Å². The third-order valence-corrected chi connectivity index (χ3v) is 3.90. The van der Waals surface area contributed by atoms with Gasteiger partial charge in [0.1, 0.15) is 0 Å². The van der Waals surface area contributed by atoms with Crippen molar-refractivity contribution in [3.05, 3.63) is 35.4 Å². The molecule has 0 bridgehead atoms. The van der Waals surface area contributed by atoms with Gasteiger partial charge in [-0.1, -0.05) is 24.3 Å². The number of aryl methyl sites for hydroxylation is 1. The van der Waals surface area contributed by atoms with Crippen LogP contribution in [0.25, 0.3) is 0 Å². The van der Waals surface area contributed by atoms with Gasteiger partial charge in [-0.15, -0.1) is 0 Å². The van der Waals surface area contributed by atoms with Crippen molar-refractivity contribution in [1.82, 2.24) is 0 Å². The van der Waals surface area contributed by atoms with Crippen LogP contribution in [0.5, 0.6) is 0 Å². The molecule has 1 aromatic carbocycles. The van der Waals surface area contributed by atoms with Gasteiger partial charge < -0.3 is 5.73 Å². The summed E-state index contributed by atoms with van der Waals surface area (Å²) in [6.07, 6.45) is 4.04. The van der Waals surface area contributed by atoms with Crippen LogP contribution < -0.4 is 5.73 Å². The maximum atomic E-state index is 6.45. The topological polar surface area (TPSA) is 26.0 Å². The van der Waals surface area contributed by atoms with E-state index in [0.29, 0.717) is 0 Å². The molecule has 1 aromatic rings. The van der Waals surface area contributed by atoms with Crippen LogP contribution in [-0.4, -0.2) is 0 Å². The van der Waals surface area contributed by atoms with Crippen molar-refractivity contribution in [2.45, 2.75) is 31.7 Å². The number of rotatable bonds is 2. The number of hydrogen-bond donors (Lipinski definition) is 1. The van der Waals surface area contributed by atoms with Gasteiger partial charge in [-0.3, -0.25) is 0 Å². The molecule has 0 aromatic heterocycles. The zero-order valence-electron chi connectivity index (χ0n) is 8.66. The molecule has 2 N–H and O–H groups in total. The van der Waals surface area contributed by atoms with Gasteiger partial charge in [-0.2, -0.15) is 0 Å². The summed E-state index contributed by atoms with van der Waals surface area (Å²) in [7, 11) is 0. The SMILES string of the molecule is Cc1ccccc1C1(N)CC1C1CC1. The standard InChI is InChI=1S/C13H17N/c1-9-4-2-3-5-11(9)13(14)8-12(13)10-6-7-10/h2-5,10,12H,6-8,14H2,1H3.